The summed E-state index contributed by atoms with van der Waals surface area (Å²) in [5.74, 6) is 0.827. The summed E-state index contributed by atoms with van der Waals surface area (Å²) in [6.45, 7) is 5.98. The van der Waals surface area contributed by atoms with Crippen molar-refractivity contribution < 1.29 is 4.74 Å². The minimum Gasteiger partial charge on any atom is -0.376 e. The largest absolute Gasteiger partial charge is 0.376 e. The fraction of sp³-hybridized carbons (Fsp3) is 0.727. The maximum atomic E-state index is 5.64. The van der Waals surface area contributed by atoms with E-state index in [1.165, 1.54) is 30.8 Å². The molecule has 1 atom stereocenters. The summed E-state index contributed by atoms with van der Waals surface area (Å²) in [6.07, 6.45) is 4.41. The van der Waals surface area contributed by atoms with Crippen LogP contribution in [0.5, 0.6) is 0 Å². The van der Waals surface area contributed by atoms with Crippen LogP contribution in [0.25, 0.3) is 0 Å². The van der Waals surface area contributed by atoms with Crippen molar-refractivity contribution in [3.63, 3.8) is 0 Å². The van der Waals surface area contributed by atoms with Gasteiger partial charge in [0.25, 0.3) is 0 Å². The predicted molar refractivity (Wildman–Crippen MR) is 62.1 cm³/mol. The SMILES string of the molecule is Cc1ncc(COCCC2CCNC2)s1. The molecule has 0 bridgehead atoms. The van der Waals surface area contributed by atoms with E-state index in [-0.39, 0.29) is 0 Å². The Balaban J connectivity index is 1.58. The molecule has 1 saturated heterocycles. The van der Waals surface area contributed by atoms with E-state index in [1.54, 1.807) is 11.3 Å². The molecule has 0 amide bonds. The Bertz CT molecular complexity index is 295. The molecule has 84 valence electrons. The van der Waals surface area contributed by atoms with E-state index in [0.29, 0.717) is 0 Å². The maximum absolute atomic E-state index is 5.64. The summed E-state index contributed by atoms with van der Waals surface area (Å²) in [5.41, 5.74) is 0. The van der Waals surface area contributed by atoms with Gasteiger partial charge in [-0.05, 0) is 38.8 Å². The van der Waals surface area contributed by atoms with Gasteiger partial charge in [-0.25, -0.2) is 4.98 Å². The minimum absolute atomic E-state index is 0.728. The first kappa shape index (κ1) is 11.0. The number of aryl methyl sites for hydroxylation is 1. The smallest absolute Gasteiger partial charge is 0.0897 e. The second-order valence-corrected chi connectivity index (χ2v) is 5.37. The zero-order valence-electron chi connectivity index (χ0n) is 9.16. The van der Waals surface area contributed by atoms with Gasteiger partial charge in [0.2, 0.25) is 0 Å². The lowest BCUT2D eigenvalue weighted by atomic mass is 10.1. The Morgan fingerprint density at radius 3 is 3.27 bits per heavy atom. The summed E-state index contributed by atoms with van der Waals surface area (Å²) in [7, 11) is 0. The summed E-state index contributed by atoms with van der Waals surface area (Å²) < 4.78 is 5.64. The Morgan fingerprint density at radius 2 is 2.60 bits per heavy atom. The van der Waals surface area contributed by atoms with Gasteiger partial charge in [-0.15, -0.1) is 11.3 Å². The van der Waals surface area contributed by atoms with Gasteiger partial charge in [-0.2, -0.15) is 0 Å². The molecule has 2 heterocycles. The number of hydrogen-bond acceptors (Lipinski definition) is 4. The number of nitrogens with one attached hydrogen (secondary N) is 1. The van der Waals surface area contributed by atoms with Gasteiger partial charge in [0.15, 0.2) is 0 Å². The molecule has 0 aliphatic carbocycles. The third kappa shape index (κ3) is 3.55. The van der Waals surface area contributed by atoms with E-state index in [4.69, 9.17) is 4.74 Å². The van der Waals surface area contributed by atoms with Gasteiger partial charge in [-0.3, -0.25) is 0 Å². The zero-order valence-corrected chi connectivity index (χ0v) is 9.98. The van der Waals surface area contributed by atoms with Crippen molar-refractivity contribution in [1.82, 2.24) is 10.3 Å². The van der Waals surface area contributed by atoms with Gasteiger partial charge in [0.1, 0.15) is 0 Å². The van der Waals surface area contributed by atoms with Crippen molar-refractivity contribution in [1.29, 1.82) is 0 Å². The van der Waals surface area contributed by atoms with E-state index < -0.39 is 0 Å². The van der Waals surface area contributed by atoms with Crippen molar-refractivity contribution in [2.45, 2.75) is 26.4 Å². The first-order valence-corrected chi connectivity index (χ1v) is 6.36. The Labute approximate surface area is 94.9 Å². The molecule has 1 aromatic heterocycles. The zero-order chi connectivity index (χ0) is 10.5. The first-order chi connectivity index (χ1) is 7.34. The van der Waals surface area contributed by atoms with Crippen LogP contribution in [-0.2, 0) is 11.3 Å². The highest BCUT2D eigenvalue weighted by atomic mass is 32.1. The van der Waals surface area contributed by atoms with Gasteiger partial charge >= 0.3 is 0 Å². The van der Waals surface area contributed by atoms with Crippen LogP contribution in [0.4, 0.5) is 0 Å². The van der Waals surface area contributed by atoms with Gasteiger partial charge < -0.3 is 10.1 Å². The standard InChI is InChI=1S/C11H18N2OS/c1-9-13-7-11(15-9)8-14-5-3-10-2-4-12-6-10/h7,10,12H,2-6,8H2,1H3. The highest BCUT2D eigenvalue weighted by Gasteiger charge is 2.13. The second kappa shape index (κ2) is 5.58. The van der Waals surface area contributed by atoms with Crippen LogP contribution in [0.3, 0.4) is 0 Å². The monoisotopic (exact) mass is 226 g/mol. The molecule has 3 nitrogen and oxygen atoms in total. The topological polar surface area (TPSA) is 34.1 Å². The molecule has 0 radical (unpaired) electrons. The van der Waals surface area contributed by atoms with Crippen LogP contribution < -0.4 is 5.32 Å². The molecule has 1 aromatic rings. The summed E-state index contributed by atoms with van der Waals surface area (Å²) >= 11 is 1.72. The summed E-state index contributed by atoms with van der Waals surface area (Å²) in [4.78, 5) is 5.43. The lowest BCUT2D eigenvalue weighted by Crippen LogP contribution is -2.10. The van der Waals surface area contributed by atoms with Crippen LogP contribution in [0.15, 0.2) is 6.20 Å². The van der Waals surface area contributed by atoms with Crippen molar-refractivity contribution in [3.8, 4) is 0 Å². The van der Waals surface area contributed by atoms with Crippen LogP contribution in [0, 0.1) is 12.8 Å². The van der Waals surface area contributed by atoms with Crippen molar-refractivity contribution in [2.24, 2.45) is 5.92 Å². The lowest BCUT2D eigenvalue weighted by molar-refractivity contribution is 0.111. The minimum atomic E-state index is 0.728. The van der Waals surface area contributed by atoms with E-state index in [9.17, 15) is 0 Å². The Morgan fingerprint density at radius 1 is 1.67 bits per heavy atom. The molecular weight excluding hydrogens is 208 g/mol. The Kier molecular flexibility index (Phi) is 4.11. The van der Waals surface area contributed by atoms with Crippen LogP contribution in [0.2, 0.25) is 0 Å². The number of rotatable bonds is 5. The van der Waals surface area contributed by atoms with Crippen LogP contribution in [-0.4, -0.2) is 24.7 Å². The second-order valence-electron chi connectivity index (χ2n) is 4.05. The quantitative estimate of drug-likeness (QED) is 0.779. The molecule has 4 heteroatoms. The molecule has 2 rings (SSSR count). The summed E-state index contributed by atoms with van der Waals surface area (Å²) in [6, 6.07) is 0. The maximum Gasteiger partial charge on any atom is 0.0897 e. The first-order valence-electron chi connectivity index (χ1n) is 5.54. The van der Waals surface area contributed by atoms with E-state index in [1.807, 2.05) is 13.1 Å². The normalized spacial score (nSPS) is 21.0. The molecule has 1 aliphatic rings. The van der Waals surface area contributed by atoms with Crippen molar-refractivity contribution in [3.05, 3.63) is 16.1 Å². The van der Waals surface area contributed by atoms with Gasteiger partial charge in [-0.1, -0.05) is 0 Å². The van der Waals surface area contributed by atoms with Crippen LogP contribution >= 0.6 is 11.3 Å². The predicted octanol–water partition coefficient (Wildman–Crippen LogP) is 1.97. The van der Waals surface area contributed by atoms with Crippen LogP contribution in [0.1, 0.15) is 22.7 Å². The summed E-state index contributed by atoms with van der Waals surface area (Å²) in [5, 5.41) is 4.49. The number of ether oxygens (including phenoxy) is 1. The number of thiazole rings is 1. The number of nitrogens with zero attached hydrogens (tertiary/aromatic N) is 1. The molecule has 15 heavy (non-hydrogen) atoms. The fourth-order valence-corrected chi connectivity index (χ4v) is 2.59. The highest BCUT2D eigenvalue weighted by Crippen LogP contribution is 2.15. The van der Waals surface area contributed by atoms with Crippen molar-refractivity contribution >= 4 is 11.3 Å². The van der Waals surface area contributed by atoms with E-state index in [0.717, 1.165) is 24.1 Å². The molecule has 1 fully saturated rings. The highest BCUT2D eigenvalue weighted by molar-refractivity contribution is 7.11. The molecule has 1 unspecified atom stereocenters. The average molecular weight is 226 g/mol. The molecule has 0 aromatic carbocycles. The van der Waals surface area contributed by atoms with E-state index in [2.05, 4.69) is 10.3 Å². The molecule has 1 aliphatic heterocycles. The number of hydrogen-bond donors (Lipinski definition) is 1. The fourth-order valence-electron chi connectivity index (χ4n) is 1.86. The van der Waals surface area contributed by atoms with Gasteiger partial charge in [0, 0.05) is 12.8 Å². The lowest BCUT2D eigenvalue weighted by Gasteiger charge is -2.07. The average Bonchev–Trinajstić information content (AvgIpc) is 2.84. The number of aromatic nitrogens is 1. The molecule has 1 N–H and O–H groups in total. The third-order valence-corrected chi connectivity index (χ3v) is 3.63. The van der Waals surface area contributed by atoms with Crippen molar-refractivity contribution in [2.75, 3.05) is 19.7 Å². The van der Waals surface area contributed by atoms with E-state index >= 15 is 0 Å². The molecule has 0 saturated carbocycles. The molecular formula is C11H18N2OS. The Hall–Kier alpha value is -0.450. The van der Waals surface area contributed by atoms with Gasteiger partial charge in [0.05, 0.1) is 16.5 Å². The third-order valence-electron chi connectivity index (χ3n) is 2.75. The molecule has 0 spiro atoms.